The van der Waals surface area contributed by atoms with Gasteiger partial charge in [0, 0.05) is 6.54 Å². The molecule has 0 bridgehead atoms. The highest BCUT2D eigenvalue weighted by Crippen LogP contribution is 2.36. The third-order valence-electron chi connectivity index (χ3n) is 5.32. The normalized spacial score (nSPS) is 16.0. The summed E-state index contributed by atoms with van der Waals surface area (Å²) in [4.78, 5) is 20.6. The molecule has 1 fully saturated rings. The second-order valence-corrected chi connectivity index (χ2v) is 8.66. The van der Waals surface area contributed by atoms with Crippen molar-refractivity contribution < 1.29 is 14.3 Å². The van der Waals surface area contributed by atoms with E-state index in [9.17, 15) is 4.79 Å². The Bertz CT molecular complexity index is 1190. The number of hydrogen-bond donors (Lipinski definition) is 0. The number of ether oxygens (including phenoxy) is 2. The number of benzene rings is 3. The first kappa shape index (κ1) is 22.7. The zero-order valence-electron chi connectivity index (χ0n) is 18.9. The number of aryl methyl sites for hydroxylation is 1. The molecule has 1 amide bonds. The van der Waals surface area contributed by atoms with E-state index in [2.05, 4.69) is 12.1 Å². The third-order valence-corrected chi connectivity index (χ3v) is 6.33. The van der Waals surface area contributed by atoms with E-state index in [1.807, 2.05) is 73.7 Å². The highest BCUT2D eigenvalue weighted by atomic mass is 32.2. The van der Waals surface area contributed by atoms with Gasteiger partial charge in [0.05, 0.1) is 24.8 Å². The fraction of sp³-hybridized carbons (Fsp3) is 0.185. The Morgan fingerprint density at radius 2 is 1.67 bits per heavy atom. The van der Waals surface area contributed by atoms with E-state index < -0.39 is 0 Å². The summed E-state index contributed by atoms with van der Waals surface area (Å²) >= 11 is 1.39. The van der Waals surface area contributed by atoms with Crippen LogP contribution in [-0.2, 0) is 11.2 Å². The van der Waals surface area contributed by atoms with Gasteiger partial charge in [0.2, 0.25) is 0 Å². The minimum absolute atomic E-state index is 0.0448. The molecule has 1 aliphatic heterocycles. The van der Waals surface area contributed by atoms with E-state index in [-0.39, 0.29) is 5.91 Å². The quantitative estimate of drug-likeness (QED) is 0.416. The van der Waals surface area contributed by atoms with Crippen molar-refractivity contribution in [2.75, 3.05) is 20.8 Å². The molecule has 1 aliphatic rings. The molecule has 0 aliphatic carbocycles. The maximum absolute atomic E-state index is 13.4. The number of thioether (sulfide) groups is 1. The van der Waals surface area contributed by atoms with E-state index in [1.54, 1.807) is 19.1 Å². The van der Waals surface area contributed by atoms with Crippen molar-refractivity contribution in [2.45, 2.75) is 13.3 Å². The third kappa shape index (κ3) is 5.46. The average Bonchev–Trinajstić information content (AvgIpc) is 3.13. The summed E-state index contributed by atoms with van der Waals surface area (Å²) in [6.07, 6.45) is 2.63. The summed E-state index contributed by atoms with van der Waals surface area (Å²) in [5.74, 6) is 1.23. The molecule has 0 N–H and O–H groups in total. The number of carbonyl (C=O) groups is 1. The molecule has 0 unspecified atom stereocenters. The highest BCUT2D eigenvalue weighted by molar-refractivity contribution is 8.18. The van der Waals surface area contributed by atoms with Gasteiger partial charge in [-0.1, -0.05) is 54.1 Å². The lowest BCUT2D eigenvalue weighted by Crippen LogP contribution is -2.31. The first-order valence-electron chi connectivity index (χ1n) is 10.7. The van der Waals surface area contributed by atoms with Crippen LogP contribution in [0.4, 0.5) is 5.69 Å². The van der Waals surface area contributed by atoms with Crippen molar-refractivity contribution in [3.05, 3.63) is 94.4 Å². The van der Waals surface area contributed by atoms with E-state index in [0.717, 1.165) is 17.7 Å². The lowest BCUT2D eigenvalue weighted by atomic mass is 10.1. The number of carbonyl (C=O) groups excluding carboxylic acids is 1. The van der Waals surface area contributed by atoms with Gasteiger partial charge in [-0.25, -0.2) is 4.99 Å². The average molecular weight is 459 g/mol. The van der Waals surface area contributed by atoms with Crippen molar-refractivity contribution in [3.8, 4) is 11.5 Å². The second kappa shape index (κ2) is 10.4. The number of rotatable bonds is 7. The molecule has 1 saturated heterocycles. The molecule has 0 spiro atoms. The van der Waals surface area contributed by atoms with Crippen LogP contribution in [0, 0.1) is 6.92 Å². The molecule has 0 radical (unpaired) electrons. The van der Waals surface area contributed by atoms with Gasteiger partial charge in [-0.2, -0.15) is 0 Å². The first-order chi connectivity index (χ1) is 16.1. The zero-order chi connectivity index (χ0) is 23.2. The maximum Gasteiger partial charge on any atom is 0.266 e. The summed E-state index contributed by atoms with van der Waals surface area (Å²) in [6.45, 7) is 2.60. The highest BCUT2D eigenvalue weighted by Gasteiger charge is 2.33. The molecule has 3 aromatic carbocycles. The molecule has 4 rings (SSSR count). The predicted molar refractivity (Wildman–Crippen MR) is 135 cm³/mol. The molecule has 0 aromatic heterocycles. The summed E-state index contributed by atoms with van der Waals surface area (Å²) in [7, 11) is 3.20. The van der Waals surface area contributed by atoms with Gasteiger partial charge in [-0.05, 0) is 66.6 Å². The van der Waals surface area contributed by atoms with Crippen molar-refractivity contribution >= 4 is 34.6 Å². The van der Waals surface area contributed by atoms with Gasteiger partial charge < -0.3 is 9.47 Å². The smallest absolute Gasteiger partial charge is 0.266 e. The number of hydrogen-bond acceptors (Lipinski definition) is 5. The molecule has 6 heteroatoms. The molecular weight excluding hydrogens is 432 g/mol. The maximum atomic E-state index is 13.4. The molecule has 3 aromatic rings. The molecule has 0 atom stereocenters. The monoisotopic (exact) mass is 458 g/mol. The van der Waals surface area contributed by atoms with Gasteiger partial charge in [0.1, 0.15) is 0 Å². The first-order valence-corrected chi connectivity index (χ1v) is 11.5. The van der Waals surface area contributed by atoms with Crippen LogP contribution in [0.5, 0.6) is 11.5 Å². The zero-order valence-corrected chi connectivity index (χ0v) is 19.8. The Balaban J connectivity index is 1.64. The van der Waals surface area contributed by atoms with Crippen LogP contribution in [0.25, 0.3) is 6.08 Å². The predicted octanol–water partition coefficient (Wildman–Crippen LogP) is 5.86. The number of methoxy groups -OCH3 is 2. The second-order valence-electron chi connectivity index (χ2n) is 7.65. The molecule has 5 nitrogen and oxygen atoms in total. The fourth-order valence-corrected chi connectivity index (χ4v) is 4.52. The number of aliphatic imine (C=N–C) groups is 1. The van der Waals surface area contributed by atoms with Gasteiger partial charge in [0.15, 0.2) is 16.7 Å². The van der Waals surface area contributed by atoms with Gasteiger partial charge in [-0.15, -0.1) is 0 Å². The van der Waals surface area contributed by atoms with E-state index in [4.69, 9.17) is 14.5 Å². The minimum atomic E-state index is -0.0448. The molecule has 168 valence electrons. The van der Waals surface area contributed by atoms with Gasteiger partial charge in [-0.3, -0.25) is 9.69 Å². The largest absolute Gasteiger partial charge is 0.493 e. The molecule has 33 heavy (non-hydrogen) atoms. The molecule has 0 saturated carbocycles. The van der Waals surface area contributed by atoms with Crippen LogP contribution in [0.15, 0.2) is 82.7 Å². The van der Waals surface area contributed by atoms with Crippen LogP contribution in [0.1, 0.15) is 16.7 Å². The Morgan fingerprint density at radius 3 is 2.36 bits per heavy atom. The number of nitrogens with zero attached hydrogens (tertiary/aromatic N) is 2. The Kier molecular flexibility index (Phi) is 7.15. The summed E-state index contributed by atoms with van der Waals surface area (Å²) in [5, 5.41) is 0.687. The summed E-state index contributed by atoms with van der Waals surface area (Å²) < 4.78 is 10.7. The number of amidine groups is 1. The van der Waals surface area contributed by atoms with Crippen LogP contribution < -0.4 is 9.47 Å². The minimum Gasteiger partial charge on any atom is -0.493 e. The molecular formula is C27H26N2O3S. The van der Waals surface area contributed by atoms with Gasteiger partial charge in [0.25, 0.3) is 5.91 Å². The van der Waals surface area contributed by atoms with Crippen molar-refractivity contribution in [1.29, 1.82) is 0 Å². The number of amides is 1. The van der Waals surface area contributed by atoms with E-state index in [1.165, 1.54) is 22.9 Å². The lowest BCUT2D eigenvalue weighted by Gasteiger charge is -2.15. The van der Waals surface area contributed by atoms with Crippen molar-refractivity contribution in [1.82, 2.24) is 4.90 Å². The Labute approximate surface area is 198 Å². The lowest BCUT2D eigenvalue weighted by molar-refractivity contribution is -0.122. The fourth-order valence-electron chi connectivity index (χ4n) is 3.50. The topological polar surface area (TPSA) is 51.1 Å². The SMILES string of the molecule is COc1ccc(/C=C2/SC(=Nc3ccc(C)cc3)N(CCc3ccccc3)C2=O)cc1OC. The van der Waals surface area contributed by atoms with Crippen LogP contribution >= 0.6 is 11.8 Å². The van der Waals surface area contributed by atoms with Gasteiger partial charge >= 0.3 is 0 Å². The van der Waals surface area contributed by atoms with Crippen molar-refractivity contribution in [2.24, 2.45) is 4.99 Å². The van der Waals surface area contributed by atoms with Crippen molar-refractivity contribution in [3.63, 3.8) is 0 Å². The summed E-state index contributed by atoms with van der Waals surface area (Å²) in [6, 6.07) is 23.8. The van der Waals surface area contributed by atoms with Crippen LogP contribution in [0.2, 0.25) is 0 Å². The van der Waals surface area contributed by atoms with Crippen LogP contribution in [0.3, 0.4) is 0 Å². The van der Waals surface area contributed by atoms with E-state index in [0.29, 0.717) is 28.1 Å². The Hall–Kier alpha value is -3.51. The summed E-state index contributed by atoms with van der Waals surface area (Å²) in [5.41, 5.74) is 4.04. The Morgan fingerprint density at radius 1 is 0.939 bits per heavy atom. The van der Waals surface area contributed by atoms with E-state index >= 15 is 0 Å². The molecule has 1 heterocycles. The van der Waals surface area contributed by atoms with Crippen LogP contribution in [-0.4, -0.2) is 36.7 Å². The standard InChI is InChI=1S/C27H26N2O3S/c1-19-9-12-22(13-10-19)28-27-29(16-15-20-7-5-4-6-8-20)26(30)25(33-27)18-21-11-14-23(31-2)24(17-21)32-3/h4-14,17-18H,15-16H2,1-3H3/b25-18+,28-27?.